The number of H-pyrrole nitrogens is 2. The normalized spacial score (nSPS) is 30.2. The molecule has 1 aliphatic carbocycles. The summed E-state index contributed by atoms with van der Waals surface area (Å²) in [5.41, 5.74) is -0.0141. The molecule has 3 fully saturated rings. The van der Waals surface area contributed by atoms with Crippen molar-refractivity contribution in [2.45, 2.75) is 37.5 Å². The highest BCUT2D eigenvalue weighted by atomic mass is 16.5. The summed E-state index contributed by atoms with van der Waals surface area (Å²) in [5, 5.41) is 3.20. The third-order valence-corrected chi connectivity index (χ3v) is 6.19. The van der Waals surface area contributed by atoms with E-state index in [1.54, 1.807) is 18.2 Å². The SMILES string of the molecule is O=C(N[C@H]1[C@H]2CCO[C@H]2[C@@H]1N1CCCC1)c1ccc2[nH]c(=O)c(=O)[nH]c2c1. The molecule has 1 aromatic heterocycles. The van der Waals surface area contributed by atoms with Crippen LogP contribution in [0.2, 0.25) is 0 Å². The minimum absolute atomic E-state index is 0.0911. The van der Waals surface area contributed by atoms with Gasteiger partial charge >= 0.3 is 11.1 Å². The van der Waals surface area contributed by atoms with Gasteiger partial charge in [0.25, 0.3) is 5.91 Å². The highest BCUT2D eigenvalue weighted by molar-refractivity contribution is 5.97. The molecule has 27 heavy (non-hydrogen) atoms. The van der Waals surface area contributed by atoms with Crippen LogP contribution in [0.25, 0.3) is 11.0 Å². The van der Waals surface area contributed by atoms with E-state index in [2.05, 4.69) is 20.2 Å². The summed E-state index contributed by atoms with van der Waals surface area (Å²) in [6.07, 6.45) is 3.60. The highest BCUT2D eigenvalue weighted by Crippen LogP contribution is 2.42. The van der Waals surface area contributed by atoms with Gasteiger partial charge in [0.2, 0.25) is 0 Å². The summed E-state index contributed by atoms with van der Waals surface area (Å²) in [7, 11) is 0. The molecule has 3 aliphatic rings. The zero-order chi connectivity index (χ0) is 18.5. The number of aromatic nitrogens is 2. The van der Waals surface area contributed by atoms with Gasteiger partial charge in [-0.2, -0.15) is 0 Å². The number of hydrogen-bond donors (Lipinski definition) is 3. The molecule has 8 nitrogen and oxygen atoms in total. The van der Waals surface area contributed by atoms with E-state index in [9.17, 15) is 14.4 Å². The lowest BCUT2D eigenvalue weighted by Gasteiger charge is -2.51. The standard InChI is InChI=1S/C19H22N4O4/c24-17(10-3-4-12-13(9-10)21-19(26)18(25)20-12)22-14-11-5-8-27-16(11)15(14)23-6-1-2-7-23/h3-4,9,11,14-16H,1-2,5-8H2,(H,20,25)(H,21,26)(H,22,24)/t11-,14+,15-,16-/m1/s1. The lowest BCUT2D eigenvalue weighted by atomic mass is 9.70. The number of nitrogens with one attached hydrogen (secondary N) is 3. The predicted molar refractivity (Wildman–Crippen MR) is 98.9 cm³/mol. The Labute approximate surface area is 154 Å². The number of carbonyl (C=O) groups excluding carboxylic acids is 1. The van der Waals surface area contributed by atoms with Crippen LogP contribution in [0.1, 0.15) is 29.6 Å². The minimum Gasteiger partial charge on any atom is -0.376 e. The first kappa shape index (κ1) is 16.7. The van der Waals surface area contributed by atoms with Crippen LogP contribution in [0.5, 0.6) is 0 Å². The van der Waals surface area contributed by atoms with Gasteiger partial charge in [-0.25, -0.2) is 0 Å². The fourth-order valence-electron chi connectivity index (χ4n) is 4.83. The lowest BCUT2D eigenvalue weighted by Crippen LogP contribution is -2.70. The number of fused-ring (bicyclic) bond motifs is 2. The number of carbonyl (C=O) groups is 1. The zero-order valence-corrected chi connectivity index (χ0v) is 14.9. The minimum atomic E-state index is -0.723. The average Bonchev–Trinajstić information content (AvgIpc) is 3.31. The molecule has 2 saturated heterocycles. The number of aromatic amines is 2. The van der Waals surface area contributed by atoms with E-state index in [1.807, 2.05) is 0 Å². The van der Waals surface area contributed by atoms with Crippen molar-refractivity contribution in [3.63, 3.8) is 0 Å². The van der Waals surface area contributed by atoms with E-state index in [0.29, 0.717) is 22.5 Å². The predicted octanol–water partition coefficient (Wildman–Crippen LogP) is 0.198. The van der Waals surface area contributed by atoms with E-state index in [-0.39, 0.29) is 24.1 Å². The van der Waals surface area contributed by atoms with Crippen LogP contribution in [-0.2, 0) is 4.74 Å². The van der Waals surface area contributed by atoms with Crippen molar-refractivity contribution < 1.29 is 9.53 Å². The Bertz CT molecular complexity index is 1000. The van der Waals surface area contributed by atoms with Gasteiger partial charge in [-0.3, -0.25) is 19.3 Å². The van der Waals surface area contributed by atoms with Gasteiger partial charge in [0.1, 0.15) is 0 Å². The number of ether oxygens (including phenoxy) is 1. The summed E-state index contributed by atoms with van der Waals surface area (Å²) >= 11 is 0. The number of amides is 1. The molecule has 5 rings (SSSR count). The van der Waals surface area contributed by atoms with Crippen molar-refractivity contribution in [3.8, 4) is 0 Å². The molecule has 142 valence electrons. The van der Waals surface area contributed by atoms with Crippen molar-refractivity contribution in [3.05, 3.63) is 44.5 Å². The van der Waals surface area contributed by atoms with Crippen LogP contribution in [0.15, 0.2) is 27.8 Å². The smallest absolute Gasteiger partial charge is 0.314 e. The molecule has 3 N–H and O–H groups in total. The monoisotopic (exact) mass is 370 g/mol. The van der Waals surface area contributed by atoms with Crippen LogP contribution >= 0.6 is 0 Å². The summed E-state index contributed by atoms with van der Waals surface area (Å²) < 4.78 is 5.91. The van der Waals surface area contributed by atoms with Gasteiger partial charge in [0, 0.05) is 18.1 Å². The molecular formula is C19H22N4O4. The zero-order valence-electron chi connectivity index (χ0n) is 14.9. The molecule has 1 aromatic carbocycles. The van der Waals surface area contributed by atoms with Crippen LogP contribution in [-0.4, -0.2) is 58.7 Å². The second kappa shape index (κ2) is 6.31. The summed E-state index contributed by atoms with van der Waals surface area (Å²) in [6.45, 7) is 2.89. The number of benzene rings is 1. The molecule has 0 unspecified atom stereocenters. The first-order chi connectivity index (χ1) is 13.1. The summed E-state index contributed by atoms with van der Waals surface area (Å²) in [4.78, 5) is 43.3. The molecule has 2 aliphatic heterocycles. The Morgan fingerprint density at radius 2 is 1.85 bits per heavy atom. The molecule has 0 bridgehead atoms. The molecule has 1 saturated carbocycles. The van der Waals surface area contributed by atoms with Gasteiger partial charge in [-0.05, 0) is 50.6 Å². The van der Waals surface area contributed by atoms with Crippen molar-refractivity contribution in [2.24, 2.45) is 5.92 Å². The first-order valence-electron chi connectivity index (χ1n) is 9.55. The number of hydrogen-bond acceptors (Lipinski definition) is 5. The van der Waals surface area contributed by atoms with E-state index in [1.165, 1.54) is 12.8 Å². The maximum Gasteiger partial charge on any atom is 0.314 e. The van der Waals surface area contributed by atoms with Crippen LogP contribution in [0.3, 0.4) is 0 Å². The molecule has 3 heterocycles. The van der Waals surface area contributed by atoms with E-state index in [0.717, 1.165) is 26.1 Å². The van der Waals surface area contributed by atoms with Crippen molar-refractivity contribution in [1.29, 1.82) is 0 Å². The molecule has 1 amide bonds. The maximum atomic E-state index is 12.9. The second-order valence-corrected chi connectivity index (χ2v) is 7.69. The Balaban J connectivity index is 1.39. The van der Waals surface area contributed by atoms with E-state index in [4.69, 9.17) is 4.74 Å². The average molecular weight is 370 g/mol. The van der Waals surface area contributed by atoms with Crippen molar-refractivity contribution in [1.82, 2.24) is 20.2 Å². The van der Waals surface area contributed by atoms with Crippen LogP contribution < -0.4 is 16.4 Å². The third-order valence-electron chi connectivity index (χ3n) is 6.19. The quantitative estimate of drug-likeness (QED) is 0.669. The highest BCUT2D eigenvalue weighted by Gasteiger charge is 2.56. The van der Waals surface area contributed by atoms with Gasteiger partial charge in [-0.15, -0.1) is 0 Å². The van der Waals surface area contributed by atoms with Crippen molar-refractivity contribution >= 4 is 16.9 Å². The van der Waals surface area contributed by atoms with Gasteiger partial charge in [-0.1, -0.05) is 0 Å². The van der Waals surface area contributed by atoms with E-state index >= 15 is 0 Å². The third kappa shape index (κ3) is 2.71. The Hall–Kier alpha value is -2.45. The largest absolute Gasteiger partial charge is 0.376 e. The van der Waals surface area contributed by atoms with Crippen molar-refractivity contribution in [2.75, 3.05) is 19.7 Å². The molecule has 2 aromatic rings. The maximum absolute atomic E-state index is 12.9. The van der Waals surface area contributed by atoms with Gasteiger partial charge < -0.3 is 20.0 Å². The van der Waals surface area contributed by atoms with Gasteiger partial charge in [0.15, 0.2) is 0 Å². The van der Waals surface area contributed by atoms with E-state index < -0.39 is 11.1 Å². The molecule has 8 heteroatoms. The van der Waals surface area contributed by atoms with Gasteiger partial charge in [0.05, 0.1) is 29.2 Å². The second-order valence-electron chi connectivity index (χ2n) is 7.69. The fraction of sp³-hybridized carbons (Fsp3) is 0.526. The molecule has 0 radical (unpaired) electrons. The number of nitrogens with zero attached hydrogens (tertiary/aromatic N) is 1. The van der Waals surface area contributed by atoms with Crippen LogP contribution in [0, 0.1) is 5.92 Å². The van der Waals surface area contributed by atoms with Crippen LogP contribution in [0.4, 0.5) is 0 Å². The molecule has 4 atom stereocenters. The number of rotatable bonds is 3. The summed E-state index contributed by atoms with van der Waals surface area (Å²) in [5.74, 6) is 0.208. The lowest BCUT2D eigenvalue weighted by molar-refractivity contribution is -0.0747. The Morgan fingerprint density at radius 1 is 1.11 bits per heavy atom. The summed E-state index contributed by atoms with van der Waals surface area (Å²) in [6, 6.07) is 5.25. The fourth-order valence-corrected chi connectivity index (χ4v) is 4.83. The first-order valence-corrected chi connectivity index (χ1v) is 9.55. The Morgan fingerprint density at radius 3 is 2.63 bits per heavy atom. The topological polar surface area (TPSA) is 107 Å². The Kier molecular flexibility index (Phi) is 3.91. The molecule has 0 spiro atoms. The number of likely N-dealkylation sites (tertiary alicyclic amines) is 1. The molecular weight excluding hydrogens is 348 g/mol.